The van der Waals surface area contributed by atoms with Crippen LogP contribution in [0.2, 0.25) is 0 Å². The van der Waals surface area contributed by atoms with Gasteiger partial charge in [-0.1, -0.05) is 0 Å². The first kappa shape index (κ1) is 14.5. The van der Waals surface area contributed by atoms with Crippen molar-refractivity contribution in [3.8, 4) is 0 Å². The zero-order chi connectivity index (χ0) is 10.6. The van der Waals surface area contributed by atoms with Gasteiger partial charge in [0.25, 0.3) is 0 Å². The van der Waals surface area contributed by atoms with Crippen molar-refractivity contribution in [2.24, 2.45) is 5.73 Å². The van der Waals surface area contributed by atoms with Gasteiger partial charge in [0, 0.05) is 5.54 Å². The Kier molecular flexibility index (Phi) is 5.89. The van der Waals surface area contributed by atoms with Crippen molar-refractivity contribution in [2.45, 2.75) is 32.4 Å². The molecule has 0 aromatic rings. The van der Waals surface area contributed by atoms with E-state index in [0.717, 1.165) is 0 Å². The number of hydrogen-bond donors (Lipinski definition) is 6. The van der Waals surface area contributed by atoms with E-state index in [1.54, 1.807) is 20.8 Å². The van der Waals surface area contributed by atoms with Gasteiger partial charge in [0.2, 0.25) is 0 Å². The Morgan fingerprint density at radius 1 is 1.17 bits per heavy atom. The third-order valence-corrected chi connectivity index (χ3v) is 1.08. The molecule has 7 heteroatoms. The van der Waals surface area contributed by atoms with Crippen molar-refractivity contribution in [2.75, 3.05) is 0 Å². The van der Waals surface area contributed by atoms with Gasteiger partial charge >= 0.3 is 9.05 Å². The number of hydrogen-bond acceptors (Lipinski definition) is 6. The number of aliphatic hydroxyl groups excluding tert-OH is 1. The van der Waals surface area contributed by atoms with Gasteiger partial charge in [-0.2, -0.15) is 0 Å². The summed E-state index contributed by atoms with van der Waals surface area (Å²) in [6.07, 6.45) is -0.424. The summed E-state index contributed by atoms with van der Waals surface area (Å²) in [5.74, 6) is 0. The van der Waals surface area contributed by atoms with Crippen LogP contribution in [-0.2, 0) is 0 Å². The fourth-order valence-corrected chi connectivity index (χ4v) is 0. The quantitative estimate of drug-likeness (QED) is 0.259. The summed E-state index contributed by atoms with van der Waals surface area (Å²) in [7, 11) is -4.61. The first-order valence-corrected chi connectivity index (χ1v) is 5.10. The van der Waals surface area contributed by atoms with Gasteiger partial charge in [-0.25, -0.2) is 0 Å². The summed E-state index contributed by atoms with van der Waals surface area (Å²) in [5, 5.41) is 8.76. The maximum absolute atomic E-state index is 8.76. The van der Waals surface area contributed by atoms with Gasteiger partial charge in [0.05, 0.1) is 6.10 Å². The zero-order valence-corrected chi connectivity index (χ0v) is 8.39. The Hall–Kier alpha value is -0.0231. The minimum Gasteiger partial charge on any atom is -0.392 e. The molecule has 0 bridgehead atoms. The summed E-state index contributed by atoms with van der Waals surface area (Å²) in [4.78, 5) is 29.3. The second-order valence-corrected chi connectivity index (χ2v) is 4.30. The second kappa shape index (κ2) is 4.87. The van der Waals surface area contributed by atoms with Crippen molar-refractivity contribution < 1.29 is 24.3 Å². The standard InChI is InChI=1S/C5H13NO.H4O4Si/c1-4(7)5(2,3)6;1-5(2,3)4/h4,7H,6H2,1-3H3;1-4H. The summed E-state index contributed by atoms with van der Waals surface area (Å²) in [6, 6.07) is 0. The van der Waals surface area contributed by atoms with Crippen LogP contribution < -0.4 is 5.73 Å². The lowest BCUT2D eigenvalue weighted by atomic mass is 10.0. The molecule has 12 heavy (non-hydrogen) atoms. The van der Waals surface area contributed by atoms with E-state index in [4.69, 9.17) is 30.0 Å². The smallest absolute Gasteiger partial charge is 0.392 e. The van der Waals surface area contributed by atoms with E-state index < -0.39 is 20.7 Å². The average molecular weight is 199 g/mol. The van der Waals surface area contributed by atoms with Crippen molar-refractivity contribution in [3.63, 3.8) is 0 Å². The van der Waals surface area contributed by atoms with E-state index in [-0.39, 0.29) is 0 Å². The summed E-state index contributed by atoms with van der Waals surface area (Å²) in [6.45, 7) is 5.26. The fourth-order valence-electron chi connectivity index (χ4n) is 0. The minimum atomic E-state index is -4.61. The molecule has 6 nitrogen and oxygen atoms in total. The second-order valence-electron chi connectivity index (χ2n) is 3.10. The Labute approximate surface area is 72.4 Å². The van der Waals surface area contributed by atoms with Crippen LogP contribution in [0.4, 0.5) is 0 Å². The Morgan fingerprint density at radius 3 is 1.25 bits per heavy atom. The molecule has 0 aliphatic heterocycles. The predicted molar refractivity (Wildman–Crippen MR) is 44.6 cm³/mol. The van der Waals surface area contributed by atoms with Gasteiger partial charge in [0.1, 0.15) is 0 Å². The molecule has 0 spiro atoms. The molecule has 0 heterocycles. The van der Waals surface area contributed by atoms with Crippen LogP contribution >= 0.6 is 0 Å². The van der Waals surface area contributed by atoms with E-state index in [1.807, 2.05) is 0 Å². The number of aliphatic hydroxyl groups is 1. The molecule has 0 rings (SSSR count). The molecule has 1 atom stereocenters. The maximum atomic E-state index is 8.76. The highest BCUT2D eigenvalue weighted by atomic mass is 28.4. The predicted octanol–water partition coefficient (Wildman–Crippen LogP) is -2.50. The van der Waals surface area contributed by atoms with Crippen LogP contribution in [0.15, 0.2) is 0 Å². The lowest BCUT2D eigenvalue weighted by molar-refractivity contribution is 0.117. The highest BCUT2D eigenvalue weighted by molar-refractivity contribution is 6.46. The molecular formula is C5H17NO5Si. The molecule has 0 aromatic heterocycles. The Bertz CT molecular complexity index is 110. The Balaban J connectivity index is 0. The van der Waals surface area contributed by atoms with Crippen molar-refractivity contribution in [1.29, 1.82) is 0 Å². The zero-order valence-electron chi connectivity index (χ0n) is 7.39. The Morgan fingerprint density at radius 2 is 1.25 bits per heavy atom. The van der Waals surface area contributed by atoms with Crippen LogP contribution in [0.1, 0.15) is 20.8 Å². The molecule has 0 amide bonds. The highest BCUT2D eigenvalue weighted by Crippen LogP contribution is 2.01. The maximum Gasteiger partial charge on any atom is 0.668 e. The highest BCUT2D eigenvalue weighted by Gasteiger charge is 2.22. The summed E-state index contributed by atoms with van der Waals surface area (Å²) in [5.41, 5.74) is 4.98. The van der Waals surface area contributed by atoms with Crippen LogP contribution in [0.5, 0.6) is 0 Å². The molecule has 0 radical (unpaired) electrons. The van der Waals surface area contributed by atoms with Gasteiger partial charge in [-0.05, 0) is 20.8 Å². The van der Waals surface area contributed by atoms with Crippen molar-refractivity contribution in [1.82, 2.24) is 0 Å². The van der Waals surface area contributed by atoms with E-state index >= 15 is 0 Å². The average Bonchev–Trinajstić information content (AvgIpc) is 1.55. The summed E-state index contributed by atoms with van der Waals surface area (Å²) >= 11 is 0. The molecule has 0 saturated heterocycles. The van der Waals surface area contributed by atoms with Crippen LogP contribution in [0.25, 0.3) is 0 Å². The molecule has 76 valence electrons. The summed E-state index contributed by atoms with van der Waals surface area (Å²) < 4.78 is 0. The lowest BCUT2D eigenvalue weighted by Crippen LogP contribution is -2.43. The van der Waals surface area contributed by atoms with Gasteiger partial charge in [-0.15, -0.1) is 0 Å². The molecule has 0 saturated carbocycles. The largest absolute Gasteiger partial charge is 0.668 e. The van der Waals surface area contributed by atoms with Crippen molar-refractivity contribution in [3.05, 3.63) is 0 Å². The number of nitrogens with two attached hydrogens (primary N) is 1. The number of rotatable bonds is 1. The van der Waals surface area contributed by atoms with Crippen LogP contribution in [-0.4, -0.2) is 45.0 Å². The van der Waals surface area contributed by atoms with Gasteiger partial charge in [0.15, 0.2) is 0 Å². The van der Waals surface area contributed by atoms with E-state index in [2.05, 4.69) is 0 Å². The topological polar surface area (TPSA) is 127 Å². The van der Waals surface area contributed by atoms with Gasteiger partial charge in [-0.3, -0.25) is 0 Å². The van der Waals surface area contributed by atoms with Gasteiger partial charge < -0.3 is 30.0 Å². The molecule has 0 aliphatic carbocycles. The van der Waals surface area contributed by atoms with Crippen LogP contribution in [0, 0.1) is 0 Å². The van der Waals surface area contributed by atoms with Crippen molar-refractivity contribution >= 4 is 9.05 Å². The van der Waals surface area contributed by atoms with E-state index in [1.165, 1.54) is 0 Å². The molecule has 0 fully saturated rings. The van der Waals surface area contributed by atoms with E-state index in [9.17, 15) is 0 Å². The molecule has 7 N–H and O–H groups in total. The fraction of sp³-hybridized carbons (Fsp3) is 1.00. The third-order valence-electron chi connectivity index (χ3n) is 1.08. The molecule has 0 aliphatic rings. The SMILES string of the molecule is CC(O)C(C)(C)N.O[Si](O)(O)O. The third kappa shape index (κ3) is 22.5. The monoisotopic (exact) mass is 199 g/mol. The molecular weight excluding hydrogens is 182 g/mol. The lowest BCUT2D eigenvalue weighted by Gasteiger charge is -2.21. The molecule has 0 aromatic carbocycles. The van der Waals surface area contributed by atoms with E-state index in [0.29, 0.717) is 0 Å². The van der Waals surface area contributed by atoms with Crippen LogP contribution in [0.3, 0.4) is 0 Å². The minimum absolute atomic E-state index is 0.424. The first-order valence-electron chi connectivity index (χ1n) is 3.31. The molecule has 1 unspecified atom stereocenters. The first-order chi connectivity index (χ1) is 4.94. The normalized spacial score (nSPS) is 14.8.